The van der Waals surface area contributed by atoms with Crippen molar-refractivity contribution in [3.8, 4) is 0 Å². The van der Waals surface area contributed by atoms with Crippen molar-refractivity contribution in [3.63, 3.8) is 0 Å². The first-order chi connectivity index (χ1) is 8.47. The van der Waals surface area contributed by atoms with Crippen molar-refractivity contribution in [2.24, 2.45) is 0 Å². The lowest BCUT2D eigenvalue weighted by Gasteiger charge is -2.29. The second-order valence-electron chi connectivity index (χ2n) is 4.65. The molecule has 1 N–H and O–H groups in total. The van der Waals surface area contributed by atoms with E-state index in [0.717, 1.165) is 30.4 Å². The number of nitrogens with one attached hydrogen (secondary N) is 1. The van der Waals surface area contributed by atoms with Crippen LogP contribution in [0, 0.1) is 0 Å². The van der Waals surface area contributed by atoms with Gasteiger partial charge in [0.2, 0.25) is 10.0 Å². The van der Waals surface area contributed by atoms with Gasteiger partial charge in [0.05, 0.1) is 4.90 Å². The summed E-state index contributed by atoms with van der Waals surface area (Å²) < 4.78 is 28.0. The van der Waals surface area contributed by atoms with Gasteiger partial charge in [0, 0.05) is 10.5 Å². The van der Waals surface area contributed by atoms with E-state index in [2.05, 4.69) is 32.6 Å². The fraction of sp³-hybridized carbons (Fsp3) is 0.500. The smallest absolute Gasteiger partial charge is 0.240 e. The Morgan fingerprint density at radius 3 is 2.33 bits per heavy atom. The Balaban J connectivity index is 2.05. The Labute approximate surface area is 117 Å². The maximum absolute atomic E-state index is 12.2. The Kier molecular flexibility index (Phi) is 4.42. The maximum Gasteiger partial charge on any atom is 0.240 e. The molecule has 0 aromatic heterocycles. The van der Waals surface area contributed by atoms with Gasteiger partial charge in [-0.25, -0.2) is 13.1 Å². The van der Waals surface area contributed by atoms with Crippen LogP contribution < -0.4 is 4.72 Å². The number of benzene rings is 1. The first-order valence-corrected chi connectivity index (χ1v) is 8.21. The number of hydrogen-bond acceptors (Lipinski definition) is 3. The molecule has 0 atom stereocenters. The first-order valence-electron chi connectivity index (χ1n) is 5.94. The van der Waals surface area contributed by atoms with Crippen molar-refractivity contribution in [3.05, 3.63) is 28.7 Å². The highest BCUT2D eigenvalue weighted by atomic mass is 79.9. The zero-order valence-electron chi connectivity index (χ0n) is 10.3. The van der Waals surface area contributed by atoms with Gasteiger partial charge in [0.15, 0.2) is 0 Å². The third kappa shape index (κ3) is 3.54. The zero-order chi connectivity index (χ0) is 13.2. The fourth-order valence-electron chi connectivity index (χ4n) is 2.03. The summed E-state index contributed by atoms with van der Waals surface area (Å²) in [4.78, 5) is 2.54. The van der Waals surface area contributed by atoms with Crippen LogP contribution in [0.5, 0.6) is 0 Å². The SMILES string of the molecule is CN1CCC(NS(=O)(=O)c2ccc(Br)cc2)CC1. The third-order valence-electron chi connectivity index (χ3n) is 3.16. The minimum Gasteiger partial charge on any atom is -0.306 e. The second kappa shape index (κ2) is 5.69. The van der Waals surface area contributed by atoms with E-state index in [9.17, 15) is 8.42 Å². The maximum atomic E-state index is 12.2. The van der Waals surface area contributed by atoms with E-state index in [0.29, 0.717) is 4.90 Å². The molecular weight excluding hydrogens is 316 g/mol. The highest BCUT2D eigenvalue weighted by Gasteiger charge is 2.23. The molecule has 1 heterocycles. The molecule has 1 saturated heterocycles. The third-order valence-corrected chi connectivity index (χ3v) is 5.23. The molecule has 1 aliphatic heterocycles. The van der Waals surface area contributed by atoms with Gasteiger partial charge in [-0.05, 0) is 57.2 Å². The molecular formula is C12H17BrN2O2S. The largest absolute Gasteiger partial charge is 0.306 e. The lowest BCUT2D eigenvalue weighted by atomic mass is 10.1. The topological polar surface area (TPSA) is 49.4 Å². The van der Waals surface area contributed by atoms with E-state index in [4.69, 9.17) is 0 Å². The van der Waals surface area contributed by atoms with Crippen LogP contribution in [0.2, 0.25) is 0 Å². The molecule has 0 amide bonds. The van der Waals surface area contributed by atoms with Gasteiger partial charge in [-0.1, -0.05) is 15.9 Å². The van der Waals surface area contributed by atoms with Gasteiger partial charge in [0.1, 0.15) is 0 Å². The summed E-state index contributed by atoms with van der Waals surface area (Å²) in [5, 5.41) is 0. The van der Waals surface area contributed by atoms with E-state index in [1.807, 2.05) is 0 Å². The summed E-state index contributed by atoms with van der Waals surface area (Å²) in [6.45, 7) is 1.88. The molecule has 1 aromatic rings. The monoisotopic (exact) mass is 332 g/mol. The zero-order valence-corrected chi connectivity index (χ0v) is 12.7. The van der Waals surface area contributed by atoms with E-state index in [1.54, 1.807) is 24.3 Å². The van der Waals surface area contributed by atoms with Crippen LogP contribution in [0.25, 0.3) is 0 Å². The van der Waals surface area contributed by atoms with Crippen molar-refractivity contribution >= 4 is 26.0 Å². The normalized spacial score (nSPS) is 19.0. The average molecular weight is 333 g/mol. The van der Waals surface area contributed by atoms with Crippen LogP contribution >= 0.6 is 15.9 Å². The Morgan fingerprint density at radius 2 is 1.78 bits per heavy atom. The summed E-state index contributed by atoms with van der Waals surface area (Å²) in [5.74, 6) is 0. The number of halogens is 1. The Bertz CT molecular complexity index is 493. The predicted molar refractivity (Wildman–Crippen MR) is 75.0 cm³/mol. The van der Waals surface area contributed by atoms with Gasteiger partial charge >= 0.3 is 0 Å². The van der Waals surface area contributed by atoms with Crippen LogP contribution in [0.3, 0.4) is 0 Å². The standard InChI is InChI=1S/C12H17BrN2O2S/c1-15-8-6-11(7-9-15)14-18(16,17)12-4-2-10(13)3-5-12/h2-5,11,14H,6-9H2,1H3. The molecule has 2 rings (SSSR count). The molecule has 0 saturated carbocycles. The molecule has 100 valence electrons. The van der Waals surface area contributed by atoms with Gasteiger partial charge in [-0.15, -0.1) is 0 Å². The molecule has 0 spiro atoms. The molecule has 0 bridgehead atoms. The summed E-state index contributed by atoms with van der Waals surface area (Å²) in [6.07, 6.45) is 1.73. The highest BCUT2D eigenvalue weighted by molar-refractivity contribution is 9.10. The highest BCUT2D eigenvalue weighted by Crippen LogP contribution is 2.17. The summed E-state index contributed by atoms with van der Waals surface area (Å²) >= 11 is 3.30. The van der Waals surface area contributed by atoms with Crippen molar-refractivity contribution in [1.82, 2.24) is 9.62 Å². The number of nitrogens with zero attached hydrogens (tertiary/aromatic N) is 1. The number of hydrogen-bond donors (Lipinski definition) is 1. The Hall–Kier alpha value is -0.430. The van der Waals surface area contributed by atoms with Crippen LogP contribution in [0.15, 0.2) is 33.6 Å². The number of sulfonamides is 1. The van der Waals surface area contributed by atoms with Crippen molar-refractivity contribution in [2.45, 2.75) is 23.8 Å². The van der Waals surface area contributed by atoms with E-state index in [-0.39, 0.29) is 6.04 Å². The van der Waals surface area contributed by atoms with E-state index in [1.165, 1.54) is 0 Å². The second-order valence-corrected chi connectivity index (χ2v) is 7.28. The number of likely N-dealkylation sites (tertiary alicyclic amines) is 1. The average Bonchev–Trinajstić information content (AvgIpc) is 2.32. The lowest BCUT2D eigenvalue weighted by Crippen LogP contribution is -2.43. The van der Waals surface area contributed by atoms with Crippen LogP contribution in [0.4, 0.5) is 0 Å². The van der Waals surface area contributed by atoms with Gasteiger partial charge < -0.3 is 4.90 Å². The molecule has 6 heteroatoms. The molecule has 4 nitrogen and oxygen atoms in total. The summed E-state index contributed by atoms with van der Waals surface area (Å²) in [6, 6.07) is 6.75. The molecule has 18 heavy (non-hydrogen) atoms. The molecule has 1 aromatic carbocycles. The quantitative estimate of drug-likeness (QED) is 0.918. The van der Waals surface area contributed by atoms with Gasteiger partial charge in [-0.3, -0.25) is 0 Å². The van der Waals surface area contributed by atoms with Crippen molar-refractivity contribution in [2.75, 3.05) is 20.1 Å². The van der Waals surface area contributed by atoms with Crippen LogP contribution in [0.1, 0.15) is 12.8 Å². The van der Waals surface area contributed by atoms with Gasteiger partial charge in [-0.2, -0.15) is 0 Å². The van der Waals surface area contributed by atoms with E-state index < -0.39 is 10.0 Å². The van der Waals surface area contributed by atoms with Crippen molar-refractivity contribution < 1.29 is 8.42 Å². The van der Waals surface area contributed by atoms with Crippen LogP contribution in [-0.4, -0.2) is 39.5 Å². The minimum absolute atomic E-state index is 0.0508. The minimum atomic E-state index is -3.38. The lowest BCUT2D eigenvalue weighted by molar-refractivity contribution is 0.248. The fourth-order valence-corrected chi connectivity index (χ4v) is 3.60. The molecule has 1 aliphatic rings. The summed E-state index contributed by atoms with van der Waals surface area (Å²) in [5.41, 5.74) is 0. The molecule has 0 unspecified atom stereocenters. The van der Waals surface area contributed by atoms with Crippen LogP contribution in [-0.2, 0) is 10.0 Å². The Morgan fingerprint density at radius 1 is 1.22 bits per heavy atom. The molecule has 0 radical (unpaired) electrons. The molecule has 0 aliphatic carbocycles. The predicted octanol–water partition coefficient (Wildman–Crippen LogP) is 1.82. The molecule has 1 fully saturated rings. The summed E-state index contributed by atoms with van der Waals surface area (Å²) in [7, 11) is -1.33. The number of rotatable bonds is 3. The first kappa shape index (κ1) is 14.0. The number of piperidine rings is 1. The van der Waals surface area contributed by atoms with Gasteiger partial charge in [0.25, 0.3) is 0 Å². The van der Waals surface area contributed by atoms with E-state index >= 15 is 0 Å². The van der Waals surface area contributed by atoms with Crippen molar-refractivity contribution in [1.29, 1.82) is 0 Å².